The fourth-order valence-corrected chi connectivity index (χ4v) is 1.79. The summed E-state index contributed by atoms with van der Waals surface area (Å²) in [5.74, 6) is -0.283. The number of alkyl halides is 3. The molecule has 0 unspecified atom stereocenters. The van der Waals surface area contributed by atoms with Gasteiger partial charge in [-0.25, -0.2) is 9.78 Å². The average Bonchev–Trinajstić information content (AvgIpc) is 2.26. The number of carboxylic acid groups (broad SMARTS) is 1. The summed E-state index contributed by atoms with van der Waals surface area (Å²) in [7, 11) is 0. The summed E-state index contributed by atoms with van der Waals surface area (Å²) in [6, 6.07) is 1.35. The summed E-state index contributed by atoms with van der Waals surface area (Å²) in [5, 5.41) is 10.5. The zero-order chi connectivity index (χ0) is 15.5. The Balaban J connectivity index is 3.01. The normalized spacial score (nSPS) is 11.1. The zero-order valence-electron chi connectivity index (χ0n) is 10.0. The van der Waals surface area contributed by atoms with Gasteiger partial charge < -0.3 is 10.4 Å². The highest BCUT2D eigenvalue weighted by Gasteiger charge is 2.31. The van der Waals surface area contributed by atoms with Crippen molar-refractivity contribution >= 4 is 40.8 Å². The largest absolute Gasteiger partial charge is 0.465 e. The van der Waals surface area contributed by atoms with Crippen LogP contribution >= 0.6 is 23.8 Å². The number of hydrogen-bond donors (Lipinski definition) is 2. The number of nitrogens with one attached hydrogen (secondary N) is 1. The first-order chi connectivity index (χ1) is 9.15. The van der Waals surface area contributed by atoms with Gasteiger partial charge in [-0.2, -0.15) is 13.2 Å². The number of hydrogen-bond acceptors (Lipinski definition) is 3. The van der Waals surface area contributed by atoms with E-state index in [0.29, 0.717) is 12.1 Å². The second-order valence-electron chi connectivity index (χ2n) is 3.52. The maximum atomic E-state index is 12.6. The van der Waals surface area contributed by atoms with Crippen LogP contribution in [0.1, 0.15) is 12.5 Å². The van der Waals surface area contributed by atoms with Crippen LogP contribution in [0.4, 0.5) is 23.8 Å². The Labute approximate surface area is 122 Å². The first-order valence-electron chi connectivity index (χ1n) is 5.21. The number of carbonyl (C=O) groups is 1. The van der Waals surface area contributed by atoms with E-state index in [1.807, 2.05) is 0 Å². The first-order valence-corrected chi connectivity index (χ1v) is 6.00. The molecule has 0 aliphatic heterocycles. The molecule has 1 rings (SSSR count). The Morgan fingerprint density at radius 3 is 2.60 bits per heavy atom. The second kappa shape index (κ2) is 6.23. The lowest BCUT2D eigenvalue weighted by molar-refractivity contribution is -0.137. The minimum Gasteiger partial charge on any atom is -0.465 e. The molecule has 1 aromatic heterocycles. The third-order valence-corrected chi connectivity index (χ3v) is 2.66. The van der Waals surface area contributed by atoms with Gasteiger partial charge >= 0.3 is 12.3 Å². The lowest BCUT2D eigenvalue weighted by atomic mass is 10.2. The predicted molar refractivity (Wildman–Crippen MR) is 70.9 cm³/mol. The van der Waals surface area contributed by atoms with E-state index in [-0.39, 0.29) is 22.6 Å². The molecule has 1 aromatic rings. The van der Waals surface area contributed by atoms with Crippen LogP contribution in [0.3, 0.4) is 0 Å². The van der Waals surface area contributed by atoms with Crippen LogP contribution in [0, 0.1) is 0 Å². The lowest BCUT2D eigenvalue weighted by Crippen LogP contribution is -2.38. The van der Waals surface area contributed by atoms with Gasteiger partial charge in [0.2, 0.25) is 0 Å². The standard InChI is InChI=1S/C10H9ClF3N3O2S/c1-2-17(9(18)19)8(20)16-7-4-5(10(12,13)14)3-6(11)15-7/h3-4H,2H2,1H3,(H,18,19)(H,15,16,20). The summed E-state index contributed by atoms with van der Waals surface area (Å²) in [5.41, 5.74) is -1.01. The molecule has 0 spiro atoms. The average molecular weight is 328 g/mol. The molecule has 110 valence electrons. The van der Waals surface area contributed by atoms with Crippen molar-refractivity contribution in [2.75, 3.05) is 11.9 Å². The van der Waals surface area contributed by atoms with Gasteiger partial charge in [-0.1, -0.05) is 11.6 Å². The number of halogens is 4. The maximum Gasteiger partial charge on any atom is 0.416 e. The number of aromatic nitrogens is 1. The number of thiocarbonyl (C=S) groups is 1. The highest BCUT2D eigenvalue weighted by Crippen LogP contribution is 2.31. The molecular weight excluding hydrogens is 319 g/mol. The van der Waals surface area contributed by atoms with E-state index in [4.69, 9.17) is 28.9 Å². The maximum absolute atomic E-state index is 12.6. The molecular formula is C10H9ClF3N3O2S. The molecule has 0 aliphatic rings. The topological polar surface area (TPSA) is 65.5 Å². The quantitative estimate of drug-likeness (QED) is 0.643. The third kappa shape index (κ3) is 4.20. The van der Waals surface area contributed by atoms with E-state index >= 15 is 0 Å². The van der Waals surface area contributed by atoms with Crippen molar-refractivity contribution in [2.45, 2.75) is 13.1 Å². The molecule has 0 radical (unpaired) electrons. The zero-order valence-corrected chi connectivity index (χ0v) is 11.6. The Kier molecular flexibility index (Phi) is 5.12. The highest BCUT2D eigenvalue weighted by molar-refractivity contribution is 7.80. The molecule has 1 amide bonds. The monoisotopic (exact) mass is 327 g/mol. The molecule has 0 aliphatic carbocycles. The summed E-state index contributed by atoms with van der Waals surface area (Å²) >= 11 is 10.3. The van der Waals surface area contributed by atoms with Gasteiger partial charge in [0.1, 0.15) is 11.0 Å². The number of rotatable bonds is 2. The van der Waals surface area contributed by atoms with Crippen LogP contribution in [0.25, 0.3) is 0 Å². The highest BCUT2D eigenvalue weighted by atomic mass is 35.5. The Morgan fingerprint density at radius 1 is 1.55 bits per heavy atom. The second-order valence-corrected chi connectivity index (χ2v) is 4.29. The van der Waals surface area contributed by atoms with Crippen molar-refractivity contribution in [3.05, 3.63) is 22.8 Å². The van der Waals surface area contributed by atoms with Crippen LogP contribution in [0.5, 0.6) is 0 Å². The van der Waals surface area contributed by atoms with Gasteiger partial charge in [0.05, 0.1) is 5.56 Å². The minimum absolute atomic E-state index is 0.0356. The molecule has 1 heterocycles. The van der Waals surface area contributed by atoms with Crippen molar-refractivity contribution in [3.63, 3.8) is 0 Å². The molecule has 2 N–H and O–H groups in total. The lowest BCUT2D eigenvalue weighted by Gasteiger charge is -2.19. The van der Waals surface area contributed by atoms with Gasteiger partial charge in [-0.05, 0) is 31.3 Å². The predicted octanol–water partition coefficient (Wildman–Crippen LogP) is 3.45. The van der Waals surface area contributed by atoms with E-state index in [9.17, 15) is 18.0 Å². The molecule has 10 heteroatoms. The van der Waals surface area contributed by atoms with Crippen molar-refractivity contribution in [3.8, 4) is 0 Å². The SMILES string of the molecule is CCN(C(=O)O)C(=S)Nc1cc(C(F)(F)F)cc(Cl)n1. The molecule has 0 saturated carbocycles. The molecule has 0 bridgehead atoms. The van der Waals surface area contributed by atoms with E-state index in [2.05, 4.69) is 10.3 Å². The first kappa shape index (κ1) is 16.4. The minimum atomic E-state index is -4.60. The van der Waals surface area contributed by atoms with Crippen LogP contribution in [0.2, 0.25) is 5.15 Å². The molecule has 0 fully saturated rings. The molecule has 0 atom stereocenters. The fraction of sp³-hybridized carbons (Fsp3) is 0.300. The van der Waals surface area contributed by atoms with Crippen molar-refractivity contribution in [1.82, 2.24) is 9.88 Å². The summed E-state index contributed by atoms with van der Waals surface area (Å²) in [6.07, 6.45) is -5.93. The van der Waals surface area contributed by atoms with Crippen LogP contribution < -0.4 is 5.32 Å². The van der Waals surface area contributed by atoms with Gasteiger partial charge in [0.15, 0.2) is 5.11 Å². The van der Waals surface area contributed by atoms with E-state index in [1.54, 1.807) is 0 Å². The number of anilines is 1. The summed E-state index contributed by atoms with van der Waals surface area (Å²) < 4.78 is 37.8. The molecule has 0 saturated heterocycles. The van der Waals surface area contributed by atoms with Crippen LogP contribution in [-0.4, -0.2) is 32.7 Å². The Hall–Kier alpha value is -1.61. The summed E-state index contributed by atoms with van der Waals surface area (Å²) in [4.78, 5) is 15.2. The number of amides is 1. The van der Waals surface area contributed by atoms with Gasteiger partial charge in [-0.15, -0.1) is 0 Å². The van der Waals surface area contributed by atoms with E-state index < -0.39 is 17.8 Å². The summed E-state index contributed by atoms with van der Waals surface area (Å²) in [6.45, 7) is 1.56. The van der Waals surface area contributed by atoms with Gasteiger partial charge in [-0.3, -0.25) is 4.90 Å². The van der Waals surface area contributed by atoms with E-state index in [1.165, 1.54) is 6.92 Å². The fourth-order valence-electron chi connectivity index (χ4n) is 1.27. The van der Waals surface area contributed by atoms with Gasteiger partial charge in [0, 0.05) is 6.54 Å². The van der Waals surface area contributed by atoms with Crippen LogP contribution in [0.15, 0.2) is 12.1 Å². The third-order valence-electron chi connectivity index (χ3n) is 2.15. The van der Waals surface area contributed by atoms with Crippen molar-refractivity contribution in [2.24, 2.45) is 0 Å². The number of pyridine rings is 1. The Bertz CT molecular complexity index is 539. The smallest absolute Gasteiger partial charge is 0.416 e. The Morgan fingerprint density at radius 2 is 2.15 bits per heavy atom. The van der Waals surface area contributed by atoms with Gasteiger partial charge in [0.25, 0.3) is 0 Å². The molecule has 0 aromatic carbocycles. The molecule has 5 nitrogen and oxygen atoms in total. The molecule has 20 heavy (non-hydrogen) atoms. The van der Waals surface area contributed by atoms with E-state index in [0.717, 1.165) is 4.90 Å². The van der Waals surface area contributed by atoms with Crippen molar-refractivity contribution in [1.29, 1.82) is 0 Å². The van der Waals surface area contributed by atoms with Crippen LogP contribution in [-0.2, 0) is 6.18 Å². The number of nitrogens with zero attached hydrogens (tertiary/aromatic N) is 2. The van der Waals surface area contributed by atoms with Crippen molar-refractivity contribution < 1.29 is 23.1 Å².